The van der Waals surface area contributed by atoms with Gasteiger partial charge in [0.15, 0.2) is 0 Å². The predicted octanol–water partition coefficient (Wildman–Crippen LogP) is 3.15. The Hall–Kier alpha value is -1.22. The van der Waals surface area contributed by atoms with Crippen molar-refractivity contribution in [3.8, 4) is 0 Å². The monoisotopic (exact) mass is 266 g/mol. The lowest BCUT2D eigenvalue weighted by molar-refractivity contribution is -0.121. The highest BCUT2D eigenvalue weighted by Crippen LogP contribution is 2.35. The largest absolute Gasteiger partial charge is 0.384 e. The van der Waals surface area contributed by atoms with E-state index in [0.717, 1.165) is 23.7 Å². The summed E-state index contributed by atoms with van der Waals surface area (Å²) in [5.41, 5.74) is 2.38. The number of fused-ring (bicyclic) bond motifs is 1. The van der Waals surface area contributed by atoms with Gasteiger partial charge in [-0.15, -0.1) is 0 Å². The van der Waals surface area contributed by atoms with E-state index in [2.05, 4.69) is 10.6 Å². The first-order valence-corrected chi connectivity index (χ1v) is 6.76. The highest BCUT2D eigenvalue weighted by molar-refractivity contribution is 6.30. The second kappa shape index (κ2) is 5.61. The first-order valence-electron chi connectivity index (χ1n) is 6.39. The van der Waals surface area contributed by atoms with E-state index >= 15 is 0 Å². The van der Waals surface area contributed by atoms with Crippen molar-refractivity contribution in [2.45, 2.75) is 38.6 Å². The average molecular weight is 267 g/mol. The molecule has 1 amide bonds. The van der Waals surface area contributed by atoms with Crippen LogP contribution in [0.25, 0.3) is 0 Å². The summed E-state index contributed by atoms with van der Waals surface area (Å²) in [6.07, 6.45) is 1.43. The summed E-state index contributed by atoms with van der Waals surface area (Å²) in [6, 6.07) is 6.11. The Morgan fingerprint density at radius 2 is 2.33 bits per heavy atom. The first kappa shape index (κ1) is 13.2. The van der Waals surface area contributed by atoms with Crippen molar-refractivity contribution in [1.29, 1.82) is 0 Å². The van der Waals surface area contributed by atoms with Crippen molar-refractivity contribution in [3.05, 3.63) is 28.8 Å². The van der Waals surface area contributed by atoms with E-state index in [1.807, 2.05) is 32.0 Å². The number of amides is 1. The maximum Gasteiger partial charge on any atom is 0.220 e. The zero-order valence-electron chi connectivity index (χ0n) is 10.8. The van der Waals surface area contributed by atoms with Crippen LogP contribution in [0.4, 0.5) is 5.69 Å². The normalized spacial score (nSPS) is 17.4. The lowest BCUT2D eigenvalue weighted by Crippen LogP contribution is -2.30. The molecule has 0 aromatic heterocycles. The Bertz CT molecular complexity index is 445. The molecule has 1 heterocycles. The molecule has 2 rings (SSSR count). The number of halogens is 1. The van der Waals surface area contributed by atoms with Gasteiger partial charge in [-0.05, 0) is 44.0 Å². The number of anilines is 1. The highest BCUT2D eigenvalue weighted by atomic mass is 35.5. The number of rotatable bonds is 4. The summed E-state index contributed by atoms with van der Waals surface area (Å²) in [5, 5.41) is 7.03. The van der Waals surface area contributed by atoms with Gasteiger partial charge in [-0.2, -0.15) is 0 Å². The molecule has 3 nitrogen and oxygen atoms in total. The molecule has 4 heteroatoms. The third-order valence-electron chi connectivity index (χ3n) is 3.16. The van der Waals surface area contributed by atoms with Crippen LogP contribution in [0.2, 0.25) is 5.02 Å². The fourth-order valence-corrected chi connectivity index (χ4v) is 2.51. The molecule has 0 aliphatic carbocycles. The zero-order chi connectivity index (χ0) is 13.1. The van der Waals surface area contributed by atoms with Crippen molar-refractivity contribution in [2.24, 2.45) is 0 Å². The average Bonchev–Trinajstić information content (AvgIpc) is 2.68. The van der Waals surface area contributed by atoms with Gasteiger partial charge in [0.1, 0.15) is 0 Å². The molecule has 98 valence electrons. The molecule has 1 aromatic rings. The summed E-state index contributed by atoms with van der Waals surface area (Å²) in [4.78, 5) is 11.6. The second-order valence-electron chi connectivity index (χ2n) is 5.07. The molecule has 1 aromatic carbocycles. The SMILES string of the molecule is CC(C)NC(=O)CCC1CNc2ccc(Cl)cc21. The van der Waals surface area contributed by atoms with E-state index in [1.165, 1.54) is 5.56 Å². The van der Waals surface area contributed by atoms with Gasteiger partial charge in [-0.3, -0.25) is 4.79 Å². The number of hydrogen-bond donors (Lipinski definition) is 2. The lowest BCUT2D eigenvalue weighted by atomic mass is 9.96. The number of carbonyl (C=O) groups is 1. The molecule has 0 saturated heterocycles. The molecule has 18 heavy (non-hydrogen) atoms. The minimum atomic E-state index is 0.125. The van der Waals surface area contributed by atoms with Gasteiger partial charge in [-0.1, -0.05) is 11.6 Å². The molecule has 0 fully saturated rings. The summed E-state index contributed by atoms with van der Waals surface area (Å²) in [7, 11) is 0. The smallest absolute Gasteiger partial charge is 0.220 e. The summed E-state index contributed by atoms with van der Waals surface area (Å²) < 4.78 is 0. The topological polar surface area (TPSA) is 41.1 Å². The molecule has 0 radical (unpaired) electrons. The Morgan fingerprint density at radius 3 is 3.06 bits per heavy atom. The van der Waals surface area contributed by atoms with Crippen molar-refractivity contribution in [3.63, 3.8) is 0 Å². The molecule has 2 N–H and O–H groups in total. The van der Waals surface area contributed by atoms with Crippen LogP contribution < -0.4 is 10.6 Å². The van der Waals surface area contributed by atoms with E-state index < -0.39 is 0 Å². The van der Waals surface area contributed by atoms with Gasteiger partial charge in [-0.25, -0.2) is 0 Å². The number of benzene rings is 1. The van der Waals surface area contributed by atoms with Crippen LogP contribution in [0, 0.1) is 0 Å². The predicted molar refractivity (Wildman–Crippen MR) is 75.2 cm³/mol. The van der Waals surface area contributed by atoms with Gasteiger partial charge in [0.05, 0.1) is 0 Å². The molecular formula is C14H19ClN2O. The molecule has 1 aliphatic heterocycles. The van der Waals surface area contributed by atoms with Crippen LogP contribution in [-0.2, 0) is 4.79 Å². The maximum atomic E-state index is 11.6. The summed E-state index contributed by atoms with van der Waals surface area (Å²) in [6.45, 7) is 4.85. The third kappa shape index (κ3) is 3.16. The summed E-state index contributed by atoms with van der Waals surface area (Å²) >= 11 is 6.01. The minimum absolute atomic E-state index is 0.125. The second-order valence-corrected chi connectivity index (χ2v) is 5.51. The first-order chi connectivity index (χ1) is 8.56. The van der Waals surface area contributed by atoms with Crippen LogP contribution >= 0.6 is 11.6 Å². The Balaban J connectivity index is 1.93. The van der Waals surface area contributed by atoms with Crippen molar-refractivity contribution < 1.29 is 4.79 Å². The fraction of sp³-hybridized carbons (Fsp3) is 0.500. The lowest BCUT2D eigenvalue weighted by Gasteiger charge is -2.12. The van der Waals surface area contributed by atoms with E-state index in [-0.39, 0.29) is 11.9 Å². The molecule has 0 spiro atoms. The molecule has 0 bridgehead atoms. The van der Waals surface area contributed by atoms with Crippen molar-refractivity contribution in [2.75, 3.05) is 11.9 Å². The Kier molecular flexibility index (Phi) is 4.12. The van der Waals surface area contributed by atoms with Crippen LogP contribution in [-0.4, -0.2) is 18.5 Å². The van der Waals surface area contributed by atoms with Gasteiger partial charge in [0, 0.05) is 35.6 Å². The number of nitrogens with one attached hydrogen (secondary N) is 2. The van der Waals surface area contributed by atoms with E-state index in [9.17, 15) is 4.79 Å². The van der Waals surface area contributed by atoms with E-state index in [1.54, 1.807) is 0 Å². The van der Waals surface area contributed by atoms with Crippen molar-refractivity contribution >= 4 is 23.2 Å². The molecular weight excluding hydrogens is 248 g/mol. The highest BCUT2D eigenvalue weighted by Gasteiger charge is 2.22. The molecule has 0 saturated carbocycles. The van der Waals surface area contributed by atoms with Gasteiger partial charge >= 0.3 is 0 Å². The van der Waals surface area contributed by atoms with E-state index in [4.69, 9.17) is 11.6 Å². The fourth-order valence-electron chi connectivity index (χ4n) is 2.33. The Labute approximate surface area is 113 Å². The number of hydrogen-bond acceptors (Lipinski definition) is 2. The number of carbonyl (C=O) groups excluding carboxylic acids is 1. The van der Waals surface area contributed by atoms with E-state index in [0.29, 0.717) is 12.3 Å². The maximum absolute atomic E-state index is 11.6. The standard InChI is InChI=1S/C14H19ClN2O/c1-9(2)17-14(18)6-3-10-8-16-13-5-4-11(15)7-12(10)13/h4-5,7,9-10,16H,3,6,8H2,1-2H3,(H,17,18). The molecule has 1 atom stereocenters. The van der Waals surface area contributed by atoms with Crippen molar-refractivity contribution in [1.82, 2.24) is 5.32 Å². The van der Waals surface area contributed by atoms with Crippen LogP contribution in [0.15, 0.2) is 18.2 Å². The van der Waals surface area contributed by atoms with Gasteiger partial charge < -0.3 is 10.6 Å². The van der Waals surface area contributed by atoms with Crippen LogP contribution in [0.3, 0.4) is 0 Å². The summed E-state index contributed by atoms with van der Waals surface area (Å²) in [5.74, 6) is 0.511. The molecule has 1 aliphatic rings. The quantitative estimate of drug-likeness (QED) is 0.879. The molecule has 1 unspecified atom stereocenters. The van der Waals surface area contributed by atoms with Crippen LogP contribution in [0.1, 0.15) is 38.2 Å². The third-order valence-corrected chi connectivity index (χ3v) is 3.40. The van der Waals surface area contributed by atoms with Crippen LogP contribution in [0.5, 0.6) is 0 Å². The van der Waals surface area contributed by atoms with Gasteiger partial charge in [0.2, 0.25) is 5.91 Å². The van der Waals surface area contributed by atoms with Gasteiger partial charge in [0.25, 0.3) is 0 Å². The zero-order valence-corrected chi connectivity index (χ0v) is 11.6. The minimum Gasteiger partial charge on any atom is -0.384 e. The Morgan fingerprint density at radius 1 is 1.56 bits per heavy atom.